The van der Waals surface area contributed by atoms with Crippen molar-refractivity contribution in [3.8, 4) is 0 Å². The molecular weight excluding hydrogens is 250 g/mol. The highest BCUT2D eigenvalue weighted by Gasteiger charge is 2.20. The molecule has 0 aromatic heterocycles. The number of alkyl halides is 1. The van der Waals surface area contributed by atoms with Gasteiger partial charge in [-0.3, -0.25) is 20.2 Å². The van der Waals surface area contributed by atoms with E-state index in [-0.39, 0.29) is 29.0 Å². The van der Waals surface area contributed by atoms with Crippen LogP contribution in [0.15, 0.2) is 18.2 Å². The summed E-state index contributed by atoms with van der Waals surface area (Å²) in [4.78, 5) is 19.9. The van der Waals surface area contributed by atoms with Gasteiger partial charge in [-0.25, -0.2) is 0 Å². The van der Waals surface area contributed by atoms with E-state index < -0.39 is 9.85 Å². The Hall–Kier alpha value is -1.89. The number of nitrogens with zero attached hydrogens (tertiary/aromatic N) is 2. The number of nitrogens with one attached hydrogen (secondary N) is 1. The molecule has 1 unspecified atom stereocenters. The van der Waals surface area contributed by atoms with Crippen LogP contribution in [0.3, 0.4) is 0 Å². The van der Waals surface area contributed by atoms with Crippen molar-refractivity contribution < 1.29 is 9.85 Å². The van der Waals surface area contributed by atoms with Gasteiger partial charge in [-0.1, -0.05) is 0 Å². The van der Waals surface area contributed by atoms with E-state index in [0.29, 0.717) is 0 Å². The molecule has 0 bridgehead atoms. The number of nitro groups is 2. The third kappa shape index (κ3) is 3.28. The average Bonchev–Trinajstić information content (AvgIpc) is 2.28. The summed E-state index contributed by atoms with van der Waals surface area (Å²) in [5.74, 6) is 0.272. The van der Waals surface area contributed by atoms with Crippen molar-refractivity contribution in [2.75, 3.05) is 11.2 Å². The number of hydrogen-bond donors (Lipinski definition) is 1. The second kappa shape index (κ2) is 5.44. The minimum atomic E-state index is -0.679. The minimum absolute atomic E-state index is 0.170. The molecule has 17 heavy (non-hydrogen) atoms. The highest BCUT2D eigenvalue weighted by Crippen LogP contribution is 2.29. The Morgan fingerprint density at radius 1 is 1.35 bits per heavy atom. The summed E-state index contributed by atoms with van der Waals surface area (Å²) in [6.07, 6.45) is 0. The lowest BCUT2D eigenvalue weighted by Crippen LogP contribution is -2.17. The van der Waals surface area contributed by atoms with Gasteiger partial charge in [0, 0.05) is 18.0 Å². The number of hydrogen-bond acceptors (Lipinski definition) is 5. The summed E-state index contributed by atoms with van der Waals surface area (Å²) < 4.78 is 0. The molecule has 0 heterocycles. The third-order valence-corrected chi connectivity index (χ3v) is 2.49. The molecule has 1 aromatic carbocycles. The first-order valence-electron chi connectivity index (χ1n) is 4.71. The van der Waals surface area contributed by atoms with E-state index in [0.717, 1.165) is 6.07 Å². The van der Waals surface area contributed by atoms with Gasteiger partial charge in [0.05, 0.1) is 15.9 Å². The second-order valence-corrected chi connectivity index (χ2v) is 3.72. The van der Waals surface area contributed by atoms with Crippen LogP contribution in [0.4, 0.5) is 17.1 Å². The van der Waals surface area contributed by atoms with E-state index in [1.807, 2.05) is 0 Å². The third-order valence-electron chi connectivity index (χ3n) is 2.02. The summed E-state index contributed by atoms with van der Waals surface area (Å²) in [6.45, 7) is 1.75. The first-order chi connectivity index (χ1) is 7.95. The van der Waals surface area contributed by atoms with E-state index >= 15 is 0 Å². The zero-order valence-electron chi connectivity index (χ0n) is 8.92. The van der Waals surface area contributed by atoms with Gasteiger partial charge in [0.2, 0.25) is 0 Å². The molecule has 0 radical (unpaired) electrons. The quantitative estimate of drug-likeness (QED) is 0.498. The van der Waals surface area contributed by atoms with Crippen LogP contribution in [-0.2, 0) is 0 Å². The molecule has 0 aliphatic carbocycles. The molecule has 0 aliphatic heterocycles. The van der Waals surface area contributed by atoms with Gasteiger partial charge in [0.25, 0.3) is 11.4 Å². The fraction of sp³-hybridized carbons (Fsp3) is 0.333. The lowest BCUT2D eigenvalue weighted by atomic mass is 10.2. The monoisotopic (exact) mass is 259 g/mol. The van der Waals surface area contributed by atoms with Gasteiger partial charge < -0.3 is 5.32 Å². The molecule has 1 aromatic rings. The van der Waals surface area contributed by atoms with Crippen LogP contribution in [0.2, 0.25) is 0 Å². The molecule has 1 atom stereocenters. The Balaban J connectivity index is 3.13. The Bertz CT molecular complexity index is 452. The normalized spacial score (nSPS) is 11.9. The van der Waals surface area contributed by atoms with E-state index in [2.05, 4.69) is 5.32 Å². The maximum atomic E-state index is 10.8. The molecule has 7 nitrogen and oxygen atoms in total. The first kappa shape index (κ1) is 13.2. The number of non-ortho nitro benzene ring substituents is 1. The van der Waals surface area contributed by atoms with Crippen LogP contribution < -0.4 is 5.32 Å². The van der Waals surface area contributed by atoms with Crippen molar-refractivity contribution in [2.45, 2.75) is 13.0 Å². The summed E-state index contributed by atoms with van der Waals surface area (Å²) in [7, 11) is 0. The Morgan fingerprint density at radius 3 is 2.47 bits per heavy atom. The van der Waals surface area contributed by atoms with Gasteiger partial charge in [0.1, 0.15) is 5.69 Å². The highest BCUT2D eigenvalue weighted by atomic mass is 35.5. The maximum Gasteiger partial charge on any atom is 0.299 e. The molecule has 1 N–H and O–H groups in total. The van der Waals surface area contributed by atoms with Gasteiger partial charge in [-0.05, 0) is 13.0 Å². The Kier molecular flexibility index (Phi) is 4.22. The van der Waals surface area contributed by atoms with Crippen molar-refractivity contribution in [1.82, 2.24) is 0 Å². The minimum Gasteiger partial charge on any atom is -0.376 e. The number of anilines is 1. The molecule has 0 spiro atoms. The van der Waals surface area contributed by atoms with Crippen LogP contribution in [-0.4, -0.2) is 21.8 Å². The zero-order valence-corrected chi connectivity index (χ0v) is 9.68. The maximum absolute atomic E-state index is 10.8. The number of halogens is 1. The Morgan fingerprint density at radius 2 is 2.00 bits per heavy atom. The molecular formula is C9H10ClN3O4. The van der Waals surface area contributed by atoms with Crippen molar-refractivity contribution in [2.24, 2.45) is 0 Å². The SMILES string of the molecule is CC(CCl)Nc1ccc([N+](=O)[O-])cc1[N+](=O)[O-]. The van der Waals surface area contributed by atoms with Crippen LogP contribution >= 0.6 is 11.6 Å². The Labute approximate surface area is 102 Å². The van der Waals surface area contributed by atoms with E-state index in [1.54, 1.807) is 6.92 Å². The summed E-state index contributed by atoms with van der Waals surface area (Å²) in [6, 6.07) is 3.26. The largest absolute Gasteiger partial charge is 0.376 e. The summed E-state index contributed by atoms with van der Waals surface area (Å²) in [5, 5.41) is 24.1. The molecule has 0 aliphatic rings. The molecule has 0 fully saturated rings. The highest BCUT2D eigenvalue weighted by molar-refractivity contribution is 6.18. The molecule has 92 valence electrons. The van der Waals surface area contributed by atoms with E-state index in [1.165, 1.54) is 12.1 Å². The number of rotatable bonds is 5. The molecule has 0 amide bonds. The average molecular weight is 260 g/mol. The van der Waals surface area contributed by atoms with Gasteiger partial charge >= 0.3 is 0 Å². The van der Waals surface area contributed by atoms with E-state index in [4.69, 9.17) is 11.6 Å². The smallest absolute Gasteiger partial charge is 0.299 e. The van der Waals surface area contributed by atoms with Gasteiger partial charge in [0.15, 0.2) is 0 Å². The van der Waals surface area contributed by atoms with Crippen molar-refractivity contribution in [1.29, 1.82) is 0 Å². The number of nitro benzene ring substituents is 2. The lowest BCUT2D eigenvalue weighted by molar-refractivity contribution is -0.393. The van der Waals surface area contributed by atoms with Gasteiger partial charge in [-0.2, -0.15) is 0 Å². The standard InChI is InChI=1S/C9H10ClN3O4/c1-6(5-10)11-8-3-2-7(12(14)15)4-9(8)13(16)17/h2-4,6,11H,5H2,1H3. The predicted molar refractivity (Wildman–Crippen MR) is 63.6 cm³/mol. The van der Waals surface area contributed by atoms with Crippen LogP contribution in [0, 0.1) is 20.2 Å². The first-order valence-corrected chi connectivity index (χ1v) is 5.24. The molecule has 1 rings (SSSR count). The topological polar surface area (TPSA) is 98.3 Å². The van der Waals surface area contributed by atoms with Crippen LogP contribution in [0.25, 0.3) is 0 Å². The summed E-state index contributed by atoms with van der Waals surface area (Å²) >= 11 is 5.57. The van der Waals surface area contributed by atoms with Crippen molar-refractivity contribution >= 4 is 28.7 Å². The fourth-order valence-electron chi connectivity index (χ4n) is 1.21. The van der Waals surface area contributed by atoms with Crippen molar-refractivity contribution in [3.63, 3.8) is 0 Å². The summed E-state index contributed by atoms with van der Waals surface area (Å²) in [5.41, 5.74) is -0.439. The van der Waals surface area contributed by atoms with Crippen molar-refractivity contribution in [3.05, 3.63) is 38.4 Å². The van der Waals surface area contributed by atoms with Crippen LogP contribution in [0.1, 0.15) is 6.92 Å². The van der Waals surface area contributed by atoms with Crippen LogP contribution in [0.5, 0.6) is 0 Å². The fourth-order valence-corrected chi connectivity index (χ4v) is 1.29. The lowest BCUT2D eigenvalue weighted by Gasteiger charge is -2.11. The molecule has 8 heteroatoms. The zero-order chi connectivity index (χ0) is 13.0. The van der Waals surface area contributed by atoms with E-state index in [9.17, 15) is 20.2 Å². The van der Waals surface area contributed by atoms with Gasteiger partial charge in [-0.15, -0.1) is 11.6 Å². The molecule has 0 saturated carbocycles. The second-order valence-electron chi connectivity index (χ2n) is 3.42. The predicted octanol–water partition coefficient (Wildman–Crippen LogP) is 2.54. The number of benzene rings is 1. The molecule has 0 saturated heterocycles.